The van der Waals surface area contributed by atoms with E-state index in [1.165, 1.54) is 19.7 Å². The van der Waals surface area contributed by atoms with Crippen molar-refractivity contribution in [1.29, 1.82) is 0 Å². The minimum Gasteiger partial charge on any atom is -0.382 e. The fraction of sp³-hybridized carbons (Fsp3) is 0.357. The number of alkyl halides is 3. The summed E-state index contributed by atoms with van der Waals surface area (Å²) >= 11 is 0. The van der Waals surface area contributed by atoms with Gasteiger partial charge in [-0.25, -0.2) is 14.5 Å². The number of amides is 2. The van der Waals surface area contributed by atoms with Gasteiger partial charge in [0.25, 0.3) is 0 Å². The van der Waals surface area contributed by atoms with Gasteiger partial charge in [0.05, 0.1) is 12.2 Å². The molecule has 0 radical (unpaired) electrons. The first-order chi connectivity index (χ1) is 11.3. The molecule has 0 fully saturated rings. The third-order valence-electron chi connectivity index (χ3n) is 3.23. The van der Waals surface area contributed by atoms with Crippen molar-refractivity contribution in [2.75, 3.05) is 13.6 Å². The number of carbonyl (C=O) groups is 1. The molecule has 7 nitrogen and oxygen atoms in total. The summed E-state index contributed by atoms with van der Waals surface area (Å²) < 4.78 is 38.3. The number of urea groups is 1. The van der Waals surface area contributed by atoms with Crippen LogP contribution >= 0.6 is 0 Å². The molecule has 1 heterocycles. The number of hydrogen-bond donors (Lipinski definition) is 2. The zero-order valence-electron chi connectivity index (χ0n) is 12.7. The van der Waals surface area contributed by atoms with Gasteiger partial charge >= 0.3 is 12.2 Å². The summed E-state index contributed by atoms with van der Waals surface area (Å²) in [7, 11) is 1.18. The smallest absolute Gasteiger partial charge is 0.382 e. The van der Waals surface area contributed by atoms with Gasteiger partial charge in [0.1, 0.15) is 12.7 Å². The van der Waals surface area contributed by atoms with Crippen molar-refractivity contribution in [3.63, 3.8) is 0 Å². The van der Waals surface area contributed by atoms with Gasteiger partial charge in [0, 0.05) is 13.6 Å². The molecule has 0 bridgehead atoms. The number of hydrogen-bond acceptors (Lipinski definition) is 4. The minimum absolute atomic E-state index is 0.142. The fourth-order valence-electron chi connectivity index (χ4n) is 1.87. The molecule has 1 aromatic carbocycles. The molecule has 1 aromatic heterocycles. The number of nitrogens with zero attached hydrogens (tertiary/aromatic N) is 4. The molecule has 0 spiro atoms. The lowest BCUT2D eigenvalue weighted by atomic mass is 10.2. The van der Waals surface area contributed by atoms with Crippen LogP contribution in [0.25, 0.3) is 5.69 Å². The Morgan fingerprint density at radius 2 is 2.04 bits per heavy atom. The molecule has 0 aliphatic heterocycles. The summed E-state index contributed by atoms with van der Waals surface area (Å²) in [6, 6.07) is 6.34. The lowest BCUT2D eigenvalue weighted by Crippen LogP contribution is -2.45. The normalized spacial score (nSPS) is 12.7. The molecule has 2 N–H and O–H groups in total. The molecule has 1 unspecified atom stereocenters. The molecule has 0 aliphatic rings. The van der Waals surface area contributed by atoms with Crippen LogP contribution in [0.3, 0.4) is 0 Å². The highest BCUT2D eigenvalue weighted by atomic mass is 19.4. The van der Waals surface area contributed by atoms with Crippen molar-refractivity contribution in [2.45, 2.75) is 18.8 Å². The van der Waals surface area contributed by atoms with Gasteiger partial charge in [0.15, 0.2) is 6.10 Å². The number of likely N-dealkylation sites (N-methyl/N-ethyl adjacent to an activating group) is 1. The highest BCUT2D eigenvalue weighted by molar-refractivity contribution is 5.73. The first-order valence-electron chi connectivity index (χ1n) is 6.95. The fourth-order valence-corrected chi connectivity index (χ4v) is 1.87. The third kappa shape index (κ3) is 4.69. The molecule has 0 saturated heterocycles. The number of aliphatic hydroxyl groups excluding tert-OH is 1. The molecule has 0 saturated carbocycles. The predicted molar refractivity (Wildman–Crippen MR) is 78.3 cm³/mol. The number of aliphatic hydroxyl groups is 1. The van der Waals surface area contributed by atoms with Gasteiger partial charge in [-0.1, -0.05) is 12.1 Å². The number of nitrogens with one attached hydrogen (secondary N) is 1. The number of halogens is 3. The Morgan fingerprint density at radius 1 is 1.38 bits per heavy atom. The van der Waals surface area contributed by atoms with Crippen molar-refractivity contribution in [3.05, 3.63) is 42.5 Å². The molecule has 130 valence electrons. The van der Waals surface area contributed by atoms with Crippen molar-refractivity contribution < 1.29 is 23.1 Å². The second-order valence-electron chi connectivity index (χ2n) is 5.10. The largest absolute Gasteiger partial charge is 0.416 e. The maximum absolute atomic E-state index is 12.3. The van der Waals surface area contributed by atoms with Crippen LogP contribution in [0.2, 0.25) is 0 Å². The summed E-state index contributed by atoms with van der Waals surface area (Å²) in [5.74, 6) is 0. The average Bonchev–Trinajstić information content (AvgIpc) is 3.06. The topological polar surface area (TPSA) is 83.3 Å². The van der Waals surface area contributed by atoms with E-state index < -0.39 is 24.9 Å². The van der Waals surface area contributed by atoms with E-state index in [-0.39, 0.29) is 6.54 Å². The highest BCUT2D eigenvalue weighted by Gasteiger charge is 2.39. The van der Waals surface area contributed by atoms with E-state index in [0.29, 0.717) is 0 Å². The van der Waals surface area contributed by atoms with Crippen molar-refractivity contribution in [2.24, 2.45) is 0 Å². The number of benzene rings is 1. The van der Waals surface area contributed by atoms with Gasteiger partial charge in [-0.15, -0.1) is 0 Å². The van der Waals surface area contributed by atoms with Crippen molar-refractivity contribution >= 4 is 6.03 Å². The first kappa shape index (κ1) is 17.7. The minimum atomic E-state index is -4.76. The van der Waals surface area contributed by atoms with E-state index in [4.69, 9.17) is 5.11 Å². The van der Waals surface area contributed by atoms with Crippen LogP contribution in [-0.2, 0) is 6.54 Å². The second-order valence-corrected chi connectivity index (χ2v) is 5.10. The summed E-state index contributed by atoms with van der Waals surface area (Å²) in [6.45, 7) is -0.691. The molecule has 24 heavy (non-hydrogen) atoms. The van der Waals surface area contributed by atoms with Gasteiger partial charge in [-0.05, 0) is 17.7 Å². The number of aromatic nitrogens is 3. The van der Waals surface area contributed by atoms with Crippen LogP contribution in [0.4, 0.5) is 18.0 Å². The quantitative estimate of drug-likeness (QED) is 0.858. The number of carbonyl (C=O) groups excluding carboxylic acids is 1. The molecule has 0 aliphatic carbocycles. The lowest BCUT2D eigenvalue weighted by Gasteiger charge is -2.22. The molecular weight excluding hydrogens is 327 g/mol. The van der Waals surface area contributed by atoms with Gasteiger partial charge < -0.3 is 15.3 Å². The zero-order chi connectivity index (χ0) is 17.7. The van der Waals surface area contributed by atoms with Crippen LogP contribution in [0.15, 0.2) is 36.9 Å². The predicted octanol–water partition coefficient (Wildman–Crippen LogP) is 1.33. The van der Waals surface area contributed by atoms with E-state index >= 15 is 0 Å². The average molecular weight is 343 g/mol. The zero-order valence-corrected chi connectivity index (χ0v) is 12.7. The summed E-state index contributed by atoms with van der Waals surface area (Å²) in [6.07, 6.45) is -4.39. The maximum atomic E-state index is 12.3. The van der Waals surface area contributed by atoms with Crippen LogP contribution in [0, 0.1) is 0 Å². The second kappa shape index (κ2) is 7.30. The monoisotopic (exact) mass is 343 g/mol. The van der Waals surface area contributed by atoms with Gasteiger partial charge in [-0.2, -0.15) is 18.3 Å². The Hall–Kier alpha value is -2.62. The lowest BCUT2D eigenvalue weighted by molar-refractivity contribution is -0.205. The third-order valence-corrected chi connectivity index (χ3v) is 3.23. The van der Waals surface area contributed by atoms with Gasteiger partial charge in [0.2, 0.25) is 0 Å². The molecule has 2 aromatic rings. The van der Waals surface area contributed by atoms with E-state index in [0.717, 1.165) is 16.2 Å². The van der Waals surface area contributed by atoms with Crippen LogP contribution in [0.1, 0.15) is 5.56 Å². The SMILES string of the molecule is CN(CC(O)C(F)(F)F)C(=O)NCc1ccc(-n2cncn2)cc1. The molecule has 2 rings (SSSR count). The van der Waals surface area contributed by atoms with Gasteiger partial charge in [-0.3, -0.25) is 0 Å². The van der Waals surface area contributed by atoms with E-state index in [2.05, 4.69) is 15.4 Å². The van der Waals surface area contributed by atoms with E-state index in [1.807, 2.05) is 0 Å². The Balaban J connectivity index is 1.85. The van der Waals surface area contributed by atoms with Crippen molar-refractivity contribution in [1.82, 2.24) is 25.0 Å². The molecule has 2 amide bonds. The van der Waals surface area contributed by atoms with Crippen molar-refractivity contribution in [3.8, 4) is 5.69 Å². The molecular formula is C14H16F3N5O2. The Labute approximate surface area is 135 Å². The standard InChI is InChI=1S/C14H16F3N5O2/c1-21(7-12(23)14(15,16)17)13(24)19-6-10-2-4-11(5-3-10)22-9-18-8-20-22/h2-5,8-9,12,23H,6-7H2,1H3,(H,19,24). The molecule has 1 atom stereocenters. The first-order valence-corrected chi connectivity index (χ1v) is 6.95. The van der Waals surface area contributed by atoms with E-state index in [9.17, 15) is 18.0 Å². The maximum Gasteiger partial charge on any atom is 0.416 e. The van der Waals surface area contributed by atoms with E-state index in [1.54, 1.807) is 28.9 Å². The van der Waals surface area contributed by atoms with Crippen LogP contribution in [0.5, 0.6) is 0 Å². The van der Waals surface area contributed by atoms with Crippen LogP contribution < -0.4 is 5.32 Å². The highest BCUT2D eigenvalue weighted by Crippen LogP contribution is 2.20. The Morgan fingerprint density at radius 3 is 2.58 bits per heavy atom. The number of rotatable bonds is 5. The van der Waals surface area contributed by atoms with Crippen LogP contribution in [-0.4, -0.2) is 56.7 Å². The summed E-state index contributed by atoms with van der Waals surface area (Å²) in [5, 5.41) is 15.4. The molecule has 10 heteroatoms. The Kier molecular flexibility index (Phi) is 5.39. The summed E-state index contributed by atoms with van der Waals surface area (Å²) in [5.41, 5.74) is 1.55. The Bertz CT molecular complexity index is 658. The summed E-state index contributed by atoms with van der Waals surface area (Å²) in [4.78, 5) is 16.4.